The average Bonchev–Trinajstić information content (AvgIpc) is 3.17. The van der Waals surface area contributed by atoms with Crippen molar-refractivity contribution in [2.75, 3.05) is 0 Å². The van der Waals surface area contributed by atoms with Gasteiger partial charge in [-0.05, 0) is 50.3 Å². The third kappa shape index (κ3) is 3.60. The second-order valence-corrected chi connectivity index (χ2v) is 12.9. The van der Waals surface area contributed by atoms with Gasteiger partial charge in [-0.25, -0.2) is 9.97 Å². The zero-order chi connectivity index (χ0) is 25.3. The smallest absolute Gasteiger partial charge is 0.196 e. The minimum atomic E-state index is -0.0195. The molecular formula is C30H45N4+. The molecule has 0 saturated carbocycles. The van der Waals surface area contributed by atoms with Crippen molar-refractivity contribution in [1.82, 2.24) is 14.6 Å². The maximum absolute atomic E-state index is 5.13. The molecule has 0 saturated heterocycles. The van der Waals surface area contributed by atoms with Crippen LogP contribution in [0, 0.1) is 5.41 Å². The summed E-state index contributed by atoms with van der Waals surface area (Å²) in [6, 6.07) is 4.51. The molecule has 1 aliphatic heterocycles. The first-order valence-electron chi connectivity index (χ1n) is 13.1. The SMILES string of the molecule is CCC1(C)C2=C(C=C(c3nc(C(C)(C)C)cc(C(C)(C)C)n3)CC2)c2cc[n+](C)n2C1(C)CC. The van der Waals surface area contributed by atoms with Gasteiger partial charge in [0.25, 0.3) is 0 Å². The van der Waals surface area contributed by atoms with Gasteiger partial charge in [0.2, 0.25) is 0 Å². The fraction of sp³-hybridized carbons (Fsp3) is 0.633. The minimum Gasteiger partial charge on any atom is -0.233 e. The van der Waals surface area contributed by atoms with Crippen LogP contribution in [-0.2, 0) is 23.4 Å². The van der Waals surface area contributed by atoms with Crippen molar-refractivity contribution >= 4 is 11.1 Å². The minimum absolute atomic E-state index is 0.0195. The van der Waals surface area contributed by atoms with Crippen molar-refractivity contribution in [2.45, 2.75) is 111 Å². The maximum Gasteiger partial charge on any atom is 0.196 e. The second-order valence-electron chi connectivity index (χ2n) is 12.9. The van der Waals surface area contributed by atoms with Gasteiger partial charge in [0.1, 0.15) is 11.2 Å². The van der Waals surface area contributed by atoms with E-state index in [1.807, 2.05) is 0 Å². The highest BCUT2D eigenvalue weighted by Gasteiger charge is 2.54. The summed E-state index contributed by atoms with van der Waals surface area (Å²) >= 11 is 0. The van der Waals surface area contributed by atoms with Gasteiger partial charge in [-0.3, -0.25) is 0 Å². The maximum atomic E-state index is 5.13. The van der Waals surface area contributed by atoms with Gasteiger partial charge in [0.05, 0.1) is 11.4 Å². The molecule has 2 aliphatic rings. The number of hydrogen-bond acceptors (Lipinski definition) is 2. The Morgan fingerprint density at radius 1 is 0.941 bits per heavy atom. The topological polar surface area (TPSA) is 34.6 Å². The predicted octanol–water partition coefficient (Wildman–Crippen LogP) is 6.88. The standard InChI is InChI=1S/C30H45N4/c1-12-29(9)22-15-14-20(18-21(22)23-16-17-33(11)34(23)30(29,10)13-2)26-31-24(27(3,4)5)19-25(32-26)28(6,7)8/h16-19H,12-15H2,1-11H3/q+1. The second kappa shape index (κ2) is 7.90. The third-order valence-corrected chi connectivity index (χ3v) is 8.82. The number of aromatic nitrogens is 4. The van der Waals surface area contributed by atoms with Crippen molar-refractivity contribution in [1.29, 1.82) is 0 Å². The lowest BCUT2D eigenvalue weighted by Gasteiger charge is -2.51. The van der Waals surface area contributed by atoms with Crippen LogP contribution < -0.4 is 4.68 Å². The molecule has 2 aromatic rings. The van der Waals surface area contributed by atoms with Gasteiger partial charge in [-0.2, -0.15) is 0 Å². The van der Waals surface area contributed by atoms with Gasteiger partial charge in [-0.15, -0.1) is 9.36 Å². The van der Waals surface area contributed by atoms with Crippen LogP contribution in [0.4, 0.5) is 0 Å². The first-order valence-corrected chi connectivity index (χ1v) is 13.1. The Balaban J connectivity index is 1.96. The lowest BCUT2D eigenvalue weighted by molar-refractivity contribution is -0.762. The number of allylic oxidation sites excluding steroid dienone is 4. The lowest BCUT2D eigenvalue weighted by Crippen LogP contribution is -2.59. The highest BCUT2D eigenvalue weighted by Crippen LogP contribution is 2.57. The molecule has 2 aromatic heterocycles. The molecular weight excluding hydrogens is 416 g/mol. The van der Waals surface area contributed by atoms with E-state index < -0.39 is 0 Å². The van der Waals surface area contributed by atoms with Gasteiger partial charge >= 0.3 is 0 Å². The summed E-state index contributed by atoms with van der Waals surface area (Å²) in [6.07, 6.45) is 8.93. The zero-order valence-electron chi connectivity index (χ0n) is 23.4. The molecule has 0 N–H and O–H groups in total. The highest BCUT2D eigenvalue weighted by molar-refractivity contribution is 5.87. The molecule has 0 amide bonds. The largest absolute Gasteiger partial charge is 0.233 e. The van der Waals surface area contributed by atoms with Crippen LogP contribution in [-0.4, -0.2) is 14.6 Å². The summed E-state index contributed by atoms with van der Waals surface area (Å²) in [6.45, 7) is 23.1. The van der Waals surface area contributed by atoms with Crippen molar-refractivity contribution in [2.24, 2.45) is 12.5 Å². The first-order chi connectivity index (χ1) is 15.7. The van der Waals surface area contributed by atoms with Gasteiger partial charge < -0.3 is 0 Å². The molecule has 2 unspecified atom stereocenters. The molecule has 0 radical (unpaired) electrons. The summed E-state index contributed by atoms with van der Waals surface area (Å²) in [7, 11) is 2.18. The Labute approximate surface area is 207 Å². The molecule has 0 aromatic carbocycles. The van der Waals surface area contributed by atoms with E-state index in [0.717, 1.165) is 42.9 Å². The molecule has 4 rings (SSSR count). The average molecular weight is 462 g/mol. The normalized spacial score (nSPS) is 25.2. The molecule has 0 spiro atoms. The van der Waals surface area contributed by atoms with E-state index in [-0.39, 0.29) is 21.8 Å². The number of hydrogen-bond donors (Lipinski definition) is 0. The number of rotatable bonds is 3. The molecule has 184 valence electrons. The Hall–Kier alpha value is -2.23. The fourth-order valence-electron chi connectivity index (χ4n) is 6.06. The van der Waals surface area contributed by atoms with Gasteiger partial charge in [0.15, 0.2) is 19.1 Å². The van der Waals surface area contributed by atoms with E-state index in [1.165, 1.54) is 16.8 Å². The Kier molecular flexibility index (Phi) is 5.78. The highest BCUT2D eigenvalue weighted by atomic mass is 15.4. The Bertz CT molecular complexity index is 1150. The van der Waals surface area contributed by atoms with Crippen LogP contribution >= 0.6 is 0 Å². The molecule has 4 nitrogen and oxygen atoms in total. The van der Waals surface area contributed by atoms with E-state index in [1.54, 1.807) is 5.57 Å². The summed E-state index contributed by atoms with van der Waals surface area (Å²) in [5.74, 6) is 0.911. The zero-order valence-corrected chi connectivity index (χ0v) is 23.4. The summed E-state index contributed by atoms with van der Waals surface area (Å²) < 4.78 is 4.83. The van der Waals surface area contributed by atoms with E-state index in [0.29, 0.717) is 0 Å². The van der Waals surface area contributed by atoms with Crippen LogP contribution in [0.2, 0.25) is 0 Å². The monoisotopic (exact) mass is 461 g/mol. The lowest BCUT2D eigenvalue weighted by atomic mass is 9.59. The van der Waals surface area contributed by atoms with Crippen molar-refractivity contribution in [3.63, 3.8) is 0 Å². The van der Waals surface area contributed by atoms with Crippen molar-refractivity contribution < 1.29 is 4.68 Å². The van der Waals surface area contributed by atoms with Crippen molar-refractivity contribution in [3.8, 4) is 0 Å². The van der Waals surface area contributed by atoms with Gasteiger partial charge in [0, 0.05) is 27.9 Å². The molecule has 0 bridgehead atoms. The van der Waals surface area contributed by atoms with Crippen LogP contribution in [0.15, 0.2) is 30.0 Å². The van der Waals surface area contributed by atoms with Crippen molar-refractivity contribution in [3.05, 3.63) is 52.9 Å². The van der Waals surface area contributed by atoms with Crippen LogP contribution in [0.3, 0.4) is 0 Å². The summed E-state index contributed by atoms with van der Waals surface area (Å²) in [5, 5.41) is 0. The van der Waals surface area contributed by atoms with Crippen LogP contribution in [0.5, 0.6) is 0 Å². The van der Waals surface area contributed by atoms with Crippen LogP contribution in [0.25, 0.3) is 11.1 Å². The van der Waals surface area contributed by atoms with E-state index in [4.69, 9.17) is 9.97 Å². The number of aryl methyl sites for hydroxylation is 1. The van der Waals surface area contributed by atoms with E-state index in [2.05, 4.69) is 110 Å². The first kappa shape index (κ1) is 24.9. The van der Waals surface area contributed by atoms with E-state index >= 15 is 0 Å². The summed E-state index contributed by atoms with van der Waals surface area (Å²) in [4.78, 5) is 10.3. The molecule has 4 heteroatoms. The fourth-order valence-corrected chi connectivity index (χ4v) is 6.06. The predicted molar refractivity (Wildman–Crippen MR) is 142 cm³/mol. The quantitative estimate of drug-likeness (QED) is 0.467. The number of nitrogens with zero attached hydrogens (tertiary/aromatic N) is 4. The molecule has 1 aliphatic carbocycles. The Morgan fingerprint density at radius 3 is 2.03 bits per heavy atom. The molecule has 34 heavy (non-hydrogen) atoms. The molecule has 2 atom stereocenters. The Morgan fingerprint density at radius 2 is 1.53 bits per heavy atom. The third-order valence-electron chi connectivity index (χ3n) is 8.82. The van der Waals surface area contributed by atoms with Gasteiger partial charge in [-0.1, -0.05) is 67.9 Å². The van der Waals surface area contributed by atoms with Crippen LogP contribution in [0.1, 0.15) is 118 Å². The molecule has 0 fully saturated rings. The molecule has 3 heterocycles. The van der Waals surface area contributed by atoms with E-state index in [9.17, 15) is 0 Å². The summed E-state index contributed by atoms with van der Waals surface area (Å²) in [5.41, 5.74) is 7.95. The number of fused-ring (bicyclic) bond motifs is 2.